The zero-order valence-corrected chi connectivity index (χ0v) is 43.3. The predicted octanol–water partition coefficient (Wildman–Crippen LogP) is 16.9. The van der Waals surface area contributed by atoms with Crippen LogP contribution in [0.2, 0.25) is 0 Å². The molecule has 1 aromatic heterocycles. The lowest BCUT2D eigenvalue weighted by Crippen LogP contribution is -2.61. The van der Waals surface area contributed by atoms with Gasteiger partial charge in [0.25, 0.3) is 6.71 Å². The number of fused-ring (bicyclic) bond motifs is 7. The molecule has 0 atom stereocenters. The van der Waals surface area contributed by atoms with Gasteiger partial charge in [-0.05, 0) is 128 Å². The van der Waals surface area contributed by atoms with Gasteiger partial charge in [0.15, 0.2) is 0 Å². The summed E-state index contributed by atoms with van der Waals surface area (Å²) < 4.78 is 2.47. The molecular weight excluding hydrogens is 918 g/mol. The molecule has 0 radical (unpaired) electrons. The number of hydrogen-bond donors (Lipinski definition) is 0. The molecule has 0 aliphatic carbocycles. The molecule has 0 saturated heterocycles. The number of para-hydroxylation sites is 2. The van der Waals surface area contributed by atoms with Crippen molar-refractivity contribution in [2.45, 2.75) is 38.5 Å². The molecule has 2 aliphatic rings. The zero-order valence-electron chi connectivity index (χ0n) is 43.3. The van der Waals surface area contributed by atoms with Crippen molar-refractivity contribution < 1.29 is 0 Å². The van der Waals surface area contributed by atoms with Crippen LogP contribution in [0.15, 0.2) is 267 Å². The topological polar surface area (TPSA) is 11.4 Å². The van der Waals surface area contributed by atoms with Crippen LogP contribution in [-0.2, 0) is 10.8 Å². The molecule has 2 aliphatic heterocycles. The first-order valence-electron chi connectivity index (χ1n) is 26.7. The lowest BCUT2D eigenvalue weighted by molar-refractivity contribution is 0.640. The number of aromatic nitrogens is 1. The van der Waals surface area contributed by atoms with Gasteiger partial charge in [0.05, 0.1) is 11.0 Å². The molecule has 0 saturated carbocycles. The van der Waals surface area contributed by atoms with Gasteiger partial charge in [-0.15, -0.1) is 0 Å². The summed E-state index contributed by atoms with van der Waals surface area (Å²) in [5.41, 5.74) is 23.6. The van der Waals surface area contributed by atoms with E-state index in [-0.39, 0.29) is 17.5 Å². The van der Waals surface area contributed by atoms with E-state index in [4.69, 9.17) is 0 Å². The minimum Gasteiger partial charge on any atom is -0.311 e. The van der Waals surface area contributed by atoms with Gasteiger partial charge in [0.2, 0.25) is 0 Å². The molecule has 3 heterocycles. The van der Waals surface area contributed by atoms with Crippen LogP contribution >= 0.6 is 0 Å². The van der Waals surface area contributed by atoms with E-state index in [9.17, 15) is 0 Å². The summed E-state index contributed by atoms with van der Waals surface area (Å²) >= 11 is 0. The first-order chi connectivity index (χ1) is 37.2. The number of nitrogens with zero attached hydrogens (tertiary/aromatic N) is 3. The van der Waals surface area contributed by atoms with Gasteiger partial charge in [-0.1, -0.05) is 228 Å². The Morgan fingerprint density at radius 3 is 1.28 bits per heavy atom. The maximum absolute atomic E-state index is 2.59. The third-order valence-electron chi connectivity index (χ3n) is 16.8. The summed E-state index contributed by atoms with van der Waals surface area (Å²) in [7, 11) is 0. The Kier molecular flexibility index (Phi) is 10.6. The van der Waals surface area contributed by atoms with Gasteiger partial charge in [0.1, 0.15) is 0 Å². The third kappa shape index (κ3) is 7.27. The monoisotopic (exact) mass is 973 g/mol. The fourth-order valence-corrected chi connectivity index (χ4v) is 12.6. The molecule has 362 valence electrons. The Balaban J connectivity index is 1.07. The first kappa shape index (κ1) is 45.5. The van der Waals surface area contributed by atoms with E-state index < -0.39 is 0 Å². The van der Waals surface area contributed by atoms with Crippen molar-refractivity contribution in [3.05, 3.63) is 289 Å². The van der Waals surface area contributed by atoms with Crippen molar-refractivity contribution in [1.82, 2.24) is 4.57 Å². The van der Waals surface area contributed by atoms with Crippen molar-refractivity contribution in [2.24, 2.45) is 0 Å². The van der Waals surface area contributed by atoms with E-state index in [1.165, 1.54) is 105 Å². The van der Waals surface area contributed by atoms with Gasteiger partial charge in [0, 0.05) is 61.4 Å². The maximum Gasteiger partial charge on any atom is 0.252 e. The normalized spacial score (nSPS) is 12.9. The van der Waals surface area contributed by atoms with Crippen LogP contribution < -0.4 is 26.2 Å². The van der Waals surface area contributed by atoms with E-state index in [1.54, 1.807) is 0 Å². The molecule has 0 unspecified atom stereocenters. The van der Waals surface area contributed by atoms with Crippen LogP contribution in [0.25, 0.3) is 49.7 Å². The van der Waals surface area contributed by atoms with E-state index in [0.29, 0.717) is 0 Å². The summed E-state index contributed by atoms with van der Waals surface area (Å²) in [6.45, 7) is 9.36. The summed E-state index contributed by atoms with van der Waals surface area (Å²) in [5, 5.41) is 2.50. The lowest BCUT2D eigenvalue weighted by atomic mass is 9.33. The van der Waals surface area contributed by atoms with Crippen LogP contribution in [0.4, 0.5) is 34.1 Å². The zero-order chi connectivity index (χ0) is 51.1. The fraction of sp³-hybridized carbons (Fsp3) is 0.0833. The van der Waals surface area contributed by atoms with Crippen LogP contribution in [-0.4, -0.2) is 11.3 Å². The highest BCUT2D eigenvalue weighted by Crippen LogP contribution is 2.49. The largest absolute Gasteiger partial charge is 0.311 e. The Morgan fingerprint density at radius 1 is 0.289 bits per heavy atom. The Hall–Kier alpha value is -9.12. The van der Waals surface area contributed by atoms with E-state index in [2.05, 4.69) is 309 Å². The number of rotatable bonds is 9. The van der Waals surface area contributed by atoms with Gasteiger partial charge in [-0.2, -0.15) is 0 Å². The second kappa shape index (κ2) is 17.8. The fourth-order valence-electron chi connectivity index (χ4n) is 12.6. The minimum absolute atomic E-state index is 0.0906. The lowest BCUT2D eigenvalue weighted by Gasteiger charge is -2.45. The second-order valence-corrected chi connectivity index (χ2v) is 21.7. The molecule has 0 amide bonds. The molecule has 0 fully saturated rings. The molecular formula is C72H56BN3. The van der Waals surface area contributed by atoms with Gasteiger partial charge in [-0.25, -0.2) is 0 Å². The van der Waals surface area contributed by atoms with Crippen LogP contribution in [0.5, 0.6) is 0 Å². The van der Waals surface area contributed by atoms with Crippen molar-refractivity contribution in [3.63, 3.8) is 0 Å². The standard InChI is InChI=1S/C72H56BN3/c1-71(2,53-25-13-7-14-26-53)55-36-40-58(41-37-55)75-67-48-59(76-64-31-19-17-29-60(64)61-30-18-20-32-65(61)76)42-43-62(67)73-63-45-52(50-23-11-6-12-24-50)35-44-66(63)74(57-38-33-51(34-39-57)49-21-9-5-10-22-49)68-46-56(47-69(75)70(68)73)72(3,4)54-27-15-8-16-28-54/h5-48H,1-4H3. The first-order valence-corrected chi connectivity index (χ1v) is 26.7. The summed E-state index contributed by atoms with van der Waals surface area (Å²) in [4.78, 5) is 5.15. The molecule has 11 aromatic carbocycles. The Morgan fingerprint density at radius 2 is 0.711 bits per heavy atom. The van der Waals surface area contributed by atoms with Crippen molar-refractivity contribution in [3.8, 4) is 27.9 Å². The molecule has 3 nitrogen and oxygen atoms in total. The number of hydrogen-bond acceptors (Lipinski definition) is 2. The highest BCUT2D eigenvalue weighted by Gasteiger charge is 2.45. The molecule has 14 rings (SSSR count). The van der Waals surface area contributed by atoms with Crippen molar-refractivity contribution >= 4 is 79.0 Å². The van der Waals surface area contributed by atoms with Crippen molar-refractivity contribution in [1.29, 1.82) is 0 Å². The average Bonchev–Trinajstić information content (AvgIpc) is 3.96. The highest BCUT2D eigenvalue weighted by atomic mass is 15.2. The number of benzene rings is 11. The molecule has 0 bridgehead atoms. The minimum atomic E-state index is -0.358. The third-order valence-corrected chi connectivity index (χ3v) is 16.8. The molecule has 12 aromatic rings. The smallest absolute Gasteiger partial charge is 0.252 e. The van der Waals surface area contributed by atoms with Crippen LogP contribution in [0.3, 0.4) is 0 Å². The SMILES string of the molecule is CC(C)(c1ccccc1)c1ccc(N2c3cc(-n4c5ccccc5c5ccccc54)ccc3B3c4cc(-c5ccccc5)ccc4N(c4ccc(-c5ccccc5)cc4)c4cc(C(C)(C)c5ccccc5)cc2c43)cc1. The number of anilines is 6. The molecule has 4 heteroatoms. The maximum atomic E-state index is 2.59. The van der Waals surface area contributed by atoms with E-state index >= 15 is 0 Å². The summed E-state index contributed by atoms with van der Waals surface area (Å²) in [6.07, 6.45) is 0. The van der Waals surface area contributed by atoms with Crippen LogP contribution in [0, 0.1) is 0 Å². The van der Waals surface area contributed by atoms with Crippen molar-refractivity contribution in [2.75, 3.05) is 9.80 Å². The quantitative estimate of drug-likeness (QED) is 0.134. The molecule has 0 spiro atoms. The molecule has 0 N–H and O–H groups in total. The van der Waals surface area contributed by atoms with Gasteiger partial charge >= 0.3 is 0 Å². The molecule has 76 heavy (non-hydrogen) atoms. The van der Waals surface area contributed by atoms with Gasteiger partial charge in [-0.3, -0.25) is 0 Å². The Labute approximate surface area is 446 Å². The van der Waals surface area contributed by atoms with Gasteiger partial charge < -0.3 is 14.4 Å². The summed E-state index contributed by atoms with van der Waals surface area (Å²) in [5.74, 6) is 0. The summed E-state index contributed by atoms with van der Waals surface area (Å²) in [6, 6.07) is 99.4. The van der Waals surface area contributed by atoms with E-state index in [1.807, 2.05) is 0 Å². The Bertz CT molecular complexity index is 4090. The second-order valence-electron chi connectivity index (χ2n) is 21.7. The average molecular weight is 974 g/mol. The van der Waals surface area contributed by atoms with Crippen LogP contribution in [0.1, 0.15) is 49.9 Å². The highest BCUT2D eigenvalue weighted by molar-refractivity contribution is 7.00. The predicted molar refractivity (Wildman–Crippen MR) is 323 cm³/mol. The van der Waals surface area contributed by atoms with E-state index in [0.717, 1.165) is 17.1 Å².